The van der Waals surface area contributed by atoms with Crippen LogP contribution in [0, 0.1) is 5.92 Å². The minimum Gasteiger partial charge on any atom is -0.478 e. The lowest BCUT2D eigenvalue weighted by atomic mass is 9.91. The van der Waals surface area contributed by atoms with Gasteiger partial charge in [0.15, 0.2) is 0 Å². The van der Waals surface area contributed by atoms with Crippen molar-refractivity contribution in [2.75, 3.05) is 18.8 Å². The van der Waals surface area contributed by atoms with Crippen LogP contribution in [0.5, 0.6) is 0 Å². The molecular weight excluding hydrogens is 332 g/mol. The number of carbonyl (C=O) groups is 2. The Hall–Kier alpha value is -2.86. The van der Waals surface area contributed by atoms with Crippen molar-refractivity contribution in [1.82, 2.24) is 5.06 Å². The summed E-state index contributed by atoms with van der Waals surface area (Å²) in [4.78, 5) is 28.8. The van der Waals surface area contributed by atoms with Crippen LogP contribution in [0.4, 0.5) is 5.69 Å². The van der Waals surface area contributed by atoms with E-state index in [2.05, 4.69) is 12.1 Å². The highest BCUT2D eigenvalue weighted by Crippen LogP contribution is 2.22. The van der Waals surface area contributed by atoms with Gasteiger partial charge in [-0.3, -0.25) is 0 Å². The monoisotopic (exact) mass is 354 g/mol. The molecule has 0 bridgehead atoms. The zero-order chi connectivity index (χ0) is 18.5. The fourth-order valence-electron chi connectivity index (χ4n) is 3.19. The van der Waals surface area contributed by atoms with E-state index in [0.29, 0.717) is 19.0 Å². The molecule has 0 spiro atoms. The second-order valence-electron chi connectivity index (χ2n) is 6.55. The Labute approximate surface area is 152 Å². The Bertz CT molecular complexity index is 784. The molecule has 136 valence electrons. The Morgan fingerprint density at radius 1 is 1.12 bits per heavy atom. The van der Waals surface area contributed by atoms with Gasteiger partial charge in [-0.25, -0.2) is 9.59 Å². The van der Waals surface area contributed by atoms with Crippen molar-refractivity contribution in [1.29, 1.82) is 0 Å². The second-order valence-corrected chi connectivity index (χ2v) is 6.55. The zero-order valence-electron chi connectivity index (χ0n) is 14.4. The number of hydrogen-bond donors (Lipinski definition) is 2. The zero-order valence-corrected chi connectivity index (χ0v) is 14.4. The molecule has 0 aromatic heterocycles. The van der Waals surface area contributed by atoms with E-state index in [9.17, 15) is 9.59 Å². The van der Waals surface area contributed by atoms with Gasteiger partial charge in [-0.15, -0.1) is 5.06 Å². The number of carbonyl (C=O) groups excluding carboxylic acids is 1. The van der Waals surface area contributed by atoms with Crippen LogP contribution >= 0.6 is 0 Å². The summed E-state index contributed by atoms with van der Waals surface area (Å²) >= 11 is 0. The first-order chi connectivity index (χ1) is 12.5. The maximum absolute atomic E-state index is 12.3. The molecule has 3 rings (SSSR count). The first-order valence-corrected chi connectivity index (χ1v) is 8.67. The number of nitrogens with two attached hydrogens (primary N) is 1. The van der Waals surface area contributed by atoms with E-state index in [-0.39, 0.29) is 16.8 Å². The van der Waals surface area contributed by atoms with Crippen LogP contribution in [0.1, 0.15) is 39.1 Å². The summed E-state index contributed by atoms with van der Waals surface area (Å²) in [5.74, 6) is -1.16. The summed E-state index contributed by atoms with van der Waals surface area (Å²) in [6.07, 6.45) is 2.93. The molecule has 2 aromatic rings. The summed E-state index contributed by atoms with van der Waals surface area (Å²) in [7, 11) is 0. The van der Waals surface area contributed by atoms with Crippen LogP contribution in [-0.4, -0.2) is 35.2 Å². The maximum atomic E-state index is 12.3. The molecule has 2 aromatic carbocycles. The number of nitrogens with zero attached hydrogens (tertiary/aromatic N) is 1. The van der Waals surface area contributed by atoms with Crippen molar-refractivity contribution in [3.63, 3.8) is 0 Å². The van der Waals surface area contributed by atoms with Crippen LogP contribution in [0.25, 0.3) is 0 Å². The molecule has 1 heterocycles. The van der Waals surface area contributed by atoms with Crippen LogP contribution in [0.2, 0.25) is 0 Å². The summed E-state index contributed by atoms with van der Waals surface area (Å²) in [6, 6.07) is 14.5. The topological polar surface area (TPSA) is 92.9 Å². The lowest BCUT2D eigenvalue weighted by Gasteiger charge is -2.30. The van der Waals surface area contributed by atoms with E-state index in [1.165, 1.54) is 23.8 Å². The summed E-state index contributed by atoms with van der Waals surface area (Å²) in [6.45, 7) is 1.34. The molecule has 26 heavy (non-hydrogen) atoms. The van der Waals surface area contributed by atoms with Gasteiger partial charge in [0.1, 0.15) is 0 Å². The summed E-state index contributed by atoms with van der Waals surface area (Å²) < 4.78 is 0. The first-order valence-electron chi connectivity index (χ1n) is 8.67. The average molecular weight is 354 g/mol. The van der Waals surface area contributed by atoms with Gasteiger partial charge in [0, 0.05) is 18.8 Å². The number of hydroxylamine groups is 2. The maximum Gasteiger partial charge on any atom is 0.357 e. The third-order valence-corrected chi connectivity index (χ3v) is 4.67. The normalized spacial score (nSPS) is 15.5. The Balaban J connectivity index is 1.53. The van der Waals surface area contributed by atoms with Gasteiger partial charge < -0.3 is 15.7 Å². The van der Waals surface area contributed by atoms with E-state index >= 15 is 0 Å². The number of carboxylic acids is 1. The molecule has 0 atom stereocenters. The number of benzene rings is 2. The molecule has 0 aliphatic carbocycles. The third-order valence-electron chi connectivity index (χ3n) is 4.67. The Morgan fingerprint density at radius 3 is 2.46 bits per heavy atom. The lowest BCUT2D eigenvalue weighted by Crippen LogP contribution is -2.36. The molecule has 1 aliphatic heterocycles. The van der Waals surface area contributed by atoms with Gasteiger partial charge in [0.05, 0.1) is 11.1 Å². The highest BCUT2D eigenvalue weighted by molar-refractivity contribution is 5.98. The number of rotatable bonds is 5. The number of carboxylic acid groups (broad SMARTS) is 1. The van der Waals surface area contributed by atoms with Crippen molar-refractivity contribution in [3.8, 4) is 0 Å². The molecule has 0 unspecified atom stereocenters. The number of hydrogen-bond acceptors (Lipinski definition) is 5. The van der Waals surface area contributed by atoms with E-state index in [1.807, 2.05) is 18.2 Å². The van der Waals surface area contributed by atoms with Gasteiger partial charge >= 0.3 is 11.9 Å². The second kappa shape index (κ2) is 8.01. The number of anilines is 1. The minimum absolute atomic E-state index is 0.0963. The molecule has 1 saturated heterocycles. The number of nitrogen functional groups attached to an aromatic ring is 1. The average Bonchev–Trinajstić information content (AvgIpc) is 2.64. The van der Waals surface area contributed by atoms with Gasteiger partial charge in [-0.2, -0.15) is 0 Å². The molecule has 0 amide bonds. The SMILES string of the molecule is Nc1ccc(C(=O)ON2CCC(Cc3ccccc3)CC2)cc1C(=O)O. The van der Waals surface area contributed by atoms with Crippen LogP contribution in [0.3, 0.4) is 0 Å². The van der Waals surface area contributed by atoms with E-state index < -0.39 is 11.9 Å². The van der Waals surface area contributed by atoms with Crippen molar-refractivity contribution >= 4 is 17.6 Å². The van der Waals surface area contributed by atoms with Crippen LogP contribution in [0.15, 0.2) is 48.5 Å². The predicted octanol–water partition coefficient (Wildman–Crippen LogP) is 2.99. The van der Waals surface area contributed by atoms with E-state index in [0.717, 1.165) is 19.3 Å². The van der Waals surface area contributed by atoms with Gasteiger partial charge in [0.2, 0.25) is 0 Å². The Kier molecular flexibility index (Phi) is 5.53. The Morgan fingerprint density at radius 2 is 1.81 bits per heavy atom. The van der Waals surface area contributed by atoms with Crippen molar-refractivity contribution < 1.29 is 19.5 Å². The molecule has 0 radical (unpaired) electrons. The van der Waals surface area contributed by atoms with Crippen molar-refractivity contribution in [3.05, 3.63) is 65.2 Å². The first kappa shape index (κ1) is 17.9. The molecule has 1 fully saturated rings. The molecule has 6 heteroatoms. The van der Waals surface area contributed by atoms with Crippen molar-refractivity contribution in [2.24, 2.45) is 5.92 Å². The summed E-state index contributed by atoms with van der Waals surface area (Å²) in [5.41, 5.74) is 7.14. The highest BCUT2D eigenvalue weighted by atomic mass is 16.7. The van der Waals surface area contributed by atoms with Crippen LogP contribution in [-0.2, 0) is 11.3 Å². The van der Waals surface area contributed by atoms with Gasteiger partial charge in [-0.05, 0) is 48.9 Å². The van der Waals surface area contributed by atoms with E-state index in [4.69, 9.17) is 15.7 Å². The standard InChI is InChI=1S/C20H22N2O4/c21-18-7-6-16(13-17(18)19(23)24)20(25)26-22-10-8-15(9-11-22)12-14-4-2-1-3-5-14/h1-7,13,15H,8-12,21H2,(H,23,24). The largest absolute Gasteiger partial charge is 0.478 e. The molecule has 3 N–H and O–H groups in total. The molecule has 0 saturated carbocycles. The highest BCUT2D eigenvalue weighted by Gasteiger charge is 2.23. The van der Waals surface area contributed by atoms with E-state index in [1.54, 1.807) is 5.06 Å². The lowest BCUT2D eigenvalue weighted by molar-refractivity contribution is -0.126. The molecule has 1 aliphatic rings. The third kappa shape index (κ3) is 4.40. The van der Waals surface area contributed by atoms with Crippen LogP contribution < -0.4 is 5.73 Å². The smallest absolute Gasteiger partial charge is 0.357 e. The minimum atomic E-state index is -1.17. The van der Waals surface area contributed by atoms with Crippen molar-refractivity contribution in [2.45, 2.75) is 19.3 Å². The fraction of sp³-hybridized carbons (Fsp3) is 0.300. The summed E-state index contributed by atoms with van der Waals surface area (Å²) in [5, 5.41) is 10.8. The number of aromatic carboxylic acids is 1. The molecular formula is C20H22N2O4. The number of piperidine rings is 1. The van der Waals surface area contributed by atoms with Gasteiger partial charge in [0.25, 0.3) is 0 Å². The molecule has 6 nitrogen and oxygen atoms in total. The fourth-order valence-corrected chi connectivity index (χ4v) is 3.19. The quantitative estimate of drug-likeness (QED) is 0.802. The predicted molar refractivity (Wildman–Crippen MR) is 97.7 cm³/mol. The van der Waals surface area contributed by atoms with Gasteiger partial charge in [-0.1, -0.05) is 30.3 Å².